The average Bonchev–Trinajstić information content (AvgIpc) is 2.99. The van der Waals surface area contributed by atoms with Crippen LogP contribution in [0.15, 0.2) is 97.1 Å². The molecule has 1 aliphatic rings. The first kappa shape index (κ1) is 19.7. The molecule has 0 nitrogen and oxygen atoms in total. The van der Waals surface area contributed by atoms with Crippen LogP contribution in [0.5, 0.6) is 0 Å². The minimum absolute atomic E-state index is 0.256. The third-order valence-electron chi connectivity index (χ3n) is 5.80. The molecule has 1 heteroatoms. The number of rotatable bonds is 0. The van der Waals surface area contributed by atoms with Crippen LogP contribution < -0.4 is 10.9 Å². The zero-order valence-electron chi connectivity index (χ0n) is 18.0. The molecule has 0 saturated carbocycles. The standard InChI is InChI=1S/C31H21B/c1-32-30-22-26(14-12-24-8-4-2-5-9-24)16-18-28(30)20-21-29-19-17-27(23-31(29)32)15-13-25-10-6-3-7-11-25/h2-11,16-23H,1H3. The molecule has 5 rings (SSSR count). The summed E-state index contributed by atoms with van der Waals surface area (Å²) in [6.07, 6.45) is 4.42. The van der Waals surface area contributed by atoms with E-state index in [1.807, 2.05) is 60.7 Å². The minimum Gasteiger partial charge on any atom is -0.0774 e. The van der Waals surface area contributed by atoms with E-state index in [2.05, 4.69) is 79.1 Å². The van der Waals surface area contributed by atoms with Gasteiger partial charge in [-0.25, -0.2) is 0 Å². The van der Waals surface area contributed by atoms with Crippen LogP contribution in [-0.4, -0.2) is 6.71 Å². The van der Waals surface area contributed by atoms with Gasteiger partial charge in [-0.2, -0.15) is 0 Å². The molecule has 0 aromatic heterocycles. The first-order valence-electron chi connectivity index (χ1n) is 10.9. The van der Waals surface area contributed by atoms with Crippen molar-refractivity contribution in [3.63, 3.8) is 0 Å². The zero-order chi connectivity index (χ0) is 21.8. The van der Waals surface area contributed by atoms with Crippen molar-refractivity contribution in [2.24, 2.45) is 0 Å². The largest absolute Gasteiger partial charge is 0.207 e. The van der Waals surface area contributed by atoms with Gasteiger partial charge in [0.15, 0.2) is 0 Å². The molecule has 0 bridgehead atoms. The maximum atomic E-state index is 3.33. The van der Waals surface area contributed by atoms with E-state index in [1.54, 1.807) is 0 Å². The molecular weight excluding hydrogens is 383 g/mol. The lowest BCUT2D eigenvalue weighted by atomic mass is 9.41. The third-order valence-corrected chi connectivity index (χ3v) is 5.80. The van der Waals surface area contributed by atoms with E-state index < -0.39 is 0 Å². The summed E-state index contributed by atoms with van der Waals surface area (Å²) in [6, 6.07) is 33.3. The number of benzene rings is 4. The average molecular weight is 404 g/mol. The Morgan fingerprint density at radius 3 is 1.31 bits per heavy atom. The molecule has 0 amide bonds. The molecule has 1 heterocycles. The summed E-state index contributed by atoms with van der Waals surface area (Å²) in [4.78, 5) is 0. The fourth-order valence-electron chi connectivity index (χ4n) is 4.04. The van der Waals surface area contributed by atoms with E-state index in [-0.39, 0.29) is 6.71 Å². The highest BCUT2D eigenvalue weighted by Gasteiger charge is 2.21. The molecule has 0 radical (unpaired) electrons. The van der Waals surface area contributed by atoms with E-state index in [0.29, 0.717) is 0 Å². The van der Waals surface area contributed by atoms with Crippen LogP contribution in [0.4, 0.5) is 0 Å². The Hall–Kier alpha value is -4.20. The van der Waals surface area contributed by atoms with Gasteiger partial charge in [-0.1, -0.05) is 114 Å². The van der Waals surface area contributed by atoms with Crippen molar-refractivity contribution < 1.29 is 0 Å². The minimum atomic E-state index is 0.256. The molecule has 0 saturated heterocycles. The number of hydrogen-bond acceptors (Lipinski definition) is 0. The van der Waals surface area contributed by atoms with Crippen LogP contribution in [0, 0.1) is 23.7 Å². The summed E-state index contributed by atoms with van der Waals surface area (Å²) >= 11 is 0. The van der Waals surface area contributed by atoms with Crippen molar-refractivity contribution in [1.29, 1.82) is 0 Å². The Morgan fingerprint density at radius 2 is 0.875 bits per heavy atom. The maximum absolute atomic E-state index is 3.33. The van der Waals surface area contributed by atoms with Gasteiger partial charge in [-0.05, 0) is 47.5 Å². The fourth-order valence-corrected chi connectivity index (χ4v) is 4.04. The van der Waals surface area contributed by atoms with Crippen LogP contribution in [0.1, 0.15) is 33.4 Å². The van der Waals surface area contributed by atoms with E-state index in [4.69, 9.17) is 0 Å². The van der Waals surface area contributed by atoms with E-state index in [1.165, 1.54) is 22.1 Å². The topological polar surface area (TPSA) is 0 Å². The van der Waals surface area contributed by atoms with Crippen molar-refractivity contribution in [2.45, 2.75) is 6.82 Å². The molecule has 4 aromatic rings. The second-order valence-electron chi connectivity index (χ2n) is 7.97. The second-order valence-corrected chi connectivity index (χ2v) is 7.97. The summed E-state index contributed by atoms with van der Waals surface area (Å²) in [5.74, 6) is 13.2. The number of hydrogen-bond donors (Lipinski definition) is 0. The van der Waals surface area contributed by atoms with Gasteiger partial charge in [-0.15, -0.1) is 0 Å². The van der Waals surface area contributed by atoms with Crippen molar-refractivity contribution in [3.8, 4) is 23.7 Å². The third kappa shape index (κ3) is 4.29. The second kappa shape index (κ2) is 8.89. The summed E-state index contributed by atoms with van der Waals surface area (Å²) in [5, 5.41) is 0. The smallest absolute Gasteiger partial charge is 0.0774 e. The lowest BCUT2D eigenvalue weighted by Crippen LogP contribution is -2.41. The quantitative estimate of drug-likeness (QED) is 0.279. The van der Waals surface area contributed by atoms with Crippen LogP contribution in [0.2, 0.25) is 6.82 Å². The van der Waals surface area contributed by atoms with Gasteiger partial charge in [0.2, 0.25) is 6.71 Å². The monoisotopic (exact) mass is 404 g/mol. The van der Waals surface area contributed by atoms with Gasteiger partial charge in [0.25, 0.3) is 0 Å². The predicted molar refractivity (Wildman–Crippen MR) is 138 cm³/mol. The van der Waals surface area contributed by atoms with Gasteiger partial charge in [0, 0.05) is 22.3 Å². The molecular formula is C31H21B. The lowest BCUT2D eigenvalue weighted by molar-refractivity contribution is 1.62. The van der Waals surface area contributed by atoms with Gasteiger partial charge >= 0.3 is 0 Å². The fraction of sp³-hybridized carbons (Fsp3) is 0.0323. The SMILES string of the molecule is CB1c2cc(C#Cc3ccccc3)ccc2C=Cc2ccc(C#Cc3ccccc3)cc21. The van der Waals surface area contributed by atoms with Crippen molar-refractivity contribution >= 4 is 29.8 Å². The van der Waals surface area contributed by atoms with Crippen molar-refractivity contribution in [1.82, 2.24) is 0 Å². The molecule has 0 unspecified atom stereocenters. The van der Waals surface area contributed by atoms with Gasteiger partial charge < -0.3 is 0 Å². The predicted octanol–water partition coefficient (Wildman–Crippen LogP) is 5.21. The Balaban J connectivity index is 1.49. The normalized spacial score (nSPS) is 11.2. The zero-order valence-corrected chi connectivity index (χ0v) is 18.0. The van der Waals surface area contributed by atoms with E-state index >= 15 is 0 Å². The summed E-state index contributed by atoms with van der Waals surface area (Å²) < 4.78 is 0. The molecule has 0 spiro atoms. The molecule has 1 aliphatic heterocycles. The van der Waals surface area contributed by atoms with Crippen LogP contribution in [0.25, 0.3) is 12.2 Å². The molecule has 0 atom stereocenters. The molecule has 32 heavy (non-hydrogen) atoms. The molecule has 4 aromatic carbocycles. The summed E-state index contributed by atoms with van der Waals surface area (Å²) in [5.41, 5.74) is 9.23. The van der Waals surface area contributed by atoms with Crippen LogP contribution >= 0.6 is 0 Å². The molecule has 0 aliphatic carbocycles. The molecule has 148 valence electrons. The highest BCUT2D eigenvalue weighted by atomic mass is 14.1. The van der Waals surface area contributed by atoms with Crippen LogP contribution in [-0.2, 0) is 0 Å². The Bertz CT molecular complexity index is 1310. The maximum Gasteiger partial charge on any atom is 0.207 e. The first-order valence-corrected chi connectivity index (χ1v) is 10.9. The Labute approximate surface area is 190 Å². The van der Waals surface area contributed by atoms with Gasteiger partial charge in [0.1, 0.15) is 0 Å². The molecule has 0 fully saturated rings. The highest BCUT2D eigenvalue weighted by molar-refractivity contribution is 6.85. The Kier molecular flexibility index (Phi) is 5.49. The van der Waals surface area contributed by atoms with E-state index in [0.717, 1.165) is 22.3 Å². The summed E-state index contributed by atoms with van der Waals surface area (Å²) in [6.45, 7) is 2.53. The van der Waals surface area contributed by atoms with Gasteiger partial charge in [-0.3, -0.25) is 0 Å². The first-order chi connectivity index (χ1) is 15.8. The molecule has 0 N–H and O–H groups in total. The van der Waals surface area contributed by atoms with Crippen LogP contribution in [0.3, 0.4) is 0 Å². The Morgan fingerprint density at radius 1 is 0.469 bits per heavy atom. The van der Waals surface area contributed by atoms with Crippen molar-refractivity contribution in [2.75, 3.05) is 0 Å². The lowest BCUT2D eigenvalue weighted by Gasteiger charge is -2.13. The van der Waals surface area contributed by atoms with E-state index in [9.17, 15) is 0 Å². The summed E-state index contributed by atoms with van der Waals surface area (Å²) in [7, 11) is 0. The number of fused-ring (bicyclic) bond motifs is 2. The van der Waals surface area contributed by atoms with Gasteiger partial charge in [0.05, 0.1) is 0 Å². The van der Waals surface area contributed by atoms with Crippen molar-refractivity contribution in [3.05, 3.63) is 130 Å². The highest BCUT2D eigenvalue weighted by Crippen LogP contribution is 2.15.